The van der Waals surface area contributed by atoms with Crippen LogP contribution >= 0.6 is 0 Å². The first-order chi connectivity index (χ1) is 11.6. The van der Waals surface area contributed by atoms with Crippen molar-refractivity contribution in [2.45, 2.75) is 20.0 Å². The van der Waals surface area contributed by atoms with E-state index in [1.165, 1.54) is 12.1 Å². The highest BCUT2D eigenvalue weighted by Crippen LogP contribution is 2.17. The van der Waals surface area contributed by atoms with Crippen LogP contribution in [0.3, 0.4) is 0 Å². The van der Waals surface area contributed by atoms with Gasteiger partial charge in [-0.3, -0.25) is 4.79 Å². The third-order valence-electron chi connectivity index (χ3n) is 3.69. The number of para-hydroxylation sites is 2. The summed E-state index contributed by atoms with van der Waals surface area (Å²) in [4.78, 5) is 16.7. The van der Waals surface area contributed by atoms with Crippen LogP contribution in [0.5, 0.6) is 0 Å². The molecule has 0 aliphatic rings. The minimum atomic E-state index is -0.537. The van der Waals surface area contributed by atoms with Crippen molar-refractivity contribution < 1.29 is 9.18 Å². The number of benzene rings is 2. The molecule has 0 bridgehead atoms. The average molecular weight is 323 g/mol. The van der Waals surface area contributed by atoms with Crippen molar-refractivity contribution in [3.05, 3.63) is 77.9 Å². The number of carbonyl (C=O) groups is 1. The number of imidazole rings is 1. The van der Waals surface area contributed by atoms with Crippen molar-refractivity contribution in [2.75, 3.05) is 0 Å². The lowest BCUT2D eigenvalue weighted by Gasteiger charge is -2.10. The highest BCUT2D eigenvalue weighted by Gasteiger charge is 2.14. The number of nitrogens with one attached hydrogen (secondary N) is 1. The fraction of sp³-hybridized carbons (Fsp3) is 0.158. The molecule has 0 atom stereocenters. The predicted molar refractivity (Wildman–Crippen MR) is 92.1 cm³/mol. The molecule has 1 amide bonds. The number of fused-ring (bicyclic) bond motifs is 1. The van der Waals surface area contributed by atoms with Gasteiger partial charge in [-0.2, -0.15) is 0 Å². The number of aromatic nitrogens is 2. The van der Waals surface area contributed by atoms with Gasteiger partial charge >= 0.3 is 0 Å². The Morgan fingerprint density at radius 3 is 2.67 bits per heavy atom. The number of rotatable bonds is 5. The Bertz CT molecular complexity index is 914. The molecule has 0 radical (unpaired) electrons. The summed E-state index contributed by atoms with van der Waals surface area (Å²) < 4.78 is 15.7. The number of carbonyl (C=O) groups excluding carboxylic acids is 1. The number of hydrogen-bond acceptors (Lipinski definition) is 2. The molecule has 0 saturated heterocycles. The van der Waals surface area contributed by atoms with Gasteiger partial charge in [0.1, 0.15) is 11.6 Å². The van der Waals surface area contributed by atoms with Crippen LogP contribution in [-0.4, -0.2) is 15.5 Å². The Morgan fingerprint density at radius 1 is 1.21 bits per heavy atom. The van der Waals surface area contributed by atoms with E-state index in [9.17, 15) is 9.18 Å². The van der Waals surface area contributed by atoms with Gasteiger partial charge in [-0.25, -0.2) is 9.37 Å². The Hall–Kier alpha value is -2.95. The van der Waals surface area contributed by atoms with E-state index in [2.05, 4.69) is 16.9 Å². The quantitative estimate of drug-likeness (QED) is 0.728. The summed E-state index contributed by atoms with van der Waals surface area (Å²) in [6.45, 7) is 6.72. The molecule has 4 nitrogen and oxygen atoms in total. The maximum Gasteiger partial charge on any atom is 0.254 e. The van der Waals surface area contributed by atoms with Crippen molar-refractivity contribution in [3.63, 3.8) is 0 Å². The standard InChI is InChI=1S/C19H18FN3O/c1-13(2)12-23-17-10-6-5-9-16(17)22-18(23)11-21-19(24)14-7-3-4-8-15(14)20/h3-10H,1,11-12H2,2H3,(H,21,24). The van der Waals surface area contributed by atoms with Crippen molar-refractivity contribution in [2.24, 2.45) is 0 Å². The van der Waals surface area contributed by atoms with Crippen molar-refractivity contribution >= 4 is 16.9 Å². The van der Waals surface area contributed by atoms with Crippen LogP contribution in [0, 0.1) is 5.82 Å². The topological polar surface area (TPSA) is 46.9 Å². The van der Waals surface area contributed by atoms with Crippen LogP contribution in [0.2, 0.25) is 0 Å². The van der Waals surface area contributed by atoms with Gasteiger partial charge in [-0.15, -0.1) is 0 Å². The minimum absolute atomic E-state index is 0.0278. The largest absolute Gasteiger partial charge is 0.345 e. The van der Waals surface area contributed by atoms with E-state index in [1.54, 1.807) is 12.1 Å². The molecule has 5 heteroatoms. The highest BCUT2D eigenvalue weighted by atomic mass is 19.1. The monoisotopic (exact) mass is 323 g/mol. The molecule has 0 spiro atoms. The van der Waals surface area contributed by atoms with E-state index < -0.39 is 11.7 Å². The lowest BCUT2D eigenvalue weighted by Crippen LogP contribution is -2.25. The molecule has 0 fully saturated rings. The van der Waals surface area contributed by atoms with E-state index >= 15 is 0 Å². The molecule has 1 aromatic heterocycles. The molecule has 3 rings (SSSR count). The van der Waals surface area contributed by atoms with E-state index in [1.807, 2.05) is 35.8 Å². The zero-order valence-electron chi connectivity index (χ0n) is 13.4. The van der Waals surface area contributed by atoms with E-state index in [-0.39, 0.29) is 12.1 Å². The first-order valence-corrected chi connectivity index (χ1v) is 7.67. The second-order valence-corrected chi connectivity index (χ2v) is 5.72. The zero-order chi connectivity index (χ0) is 17.1. The number of nitrogens with zero attached hydrogens (tertiary/aromatic N) is 2. The Labute approximate surface area is 139 Å². The van der Waals surface area contributed by atoms with Crippen LogP contribution in [0.25, 0.3) is 11.0 Å². The fourth-order valence-corrected chi connectivity index (χ4v) is 2.61. The molecule has 0 aliphatic carbocycles. The summed E-state index contributed by atoms with van der Waals surface area (Å²) in [7, 11) is 0. The molecular weight excluding hydrogens is 305 g/mol. The van der Waals surface area contributed by atoms with Gasteiger partial charge in [0, 0.05) is 6.54 Å². The first kappa shape index (κ1) is 15.9. The maximum absolute atomic E-state index is 13.7. The normalized spacial score (nSPS) is 10.8. The number of amides is 1. The van der Waals surface area contributed by atoms with Gasteiger partial charge in [0.05, 0.1) is 23.1 Å². The van der Waals surface area contributed by atoms with Crippen molar-refractivity contribution in [1.29, 1.82) is 0 Å². The van der Waals surface area contributed by atoms with E-state index in [0.29, 0.717) is 12.4 Å². The van der Waals surface area contributed by atoms with Crippen LogP contribution in [-0.2, 0) is 13.1 Å². The van der Waals surface area contributed by atoms with Gasteiger partial charge in [0.2, 0.25) is 0 Å². The summed E-state index contributed by atoms with van der Waals surface area (Å²) in [5, 5.41) is 2.74. The molecule has 0 unspecified atom stereocenters. The second-order valence-electron chi connectivity index (χ2n) is 5.72. The lowest BCUT2D eigenvalue weighted by molar-refractivity contribution is 0.0945. The number of halogens is 1. The van der Waals surface area contributed by atoms with Gasteiger partial charge in [0.25, 0.3) is 5.91 Å². The molecule has 1 heterocycles. The average Bonchev–Trinajstić information content (AvgIpc) is 2.90. The zero-order valence-corrected chi connectivity index (χ0v) is 13.4. The van der Waals surface area contributed by atoms with Gasteiger partial charge in [-0.05, 0) is 31.2 Å². The van der Waals surface area contributed by atoms with Crippen LogP contribution < -0.4 is 5.32 Å². The molecule has 0 saturated carbocycles. The van der Waals surface area contributed by atoms with Crippen molar-refractivity contribution in [1.82, 2.24) is 14.9 Å². The summed E-state index contributed by atoms with van der Waals surface area (Å²) >= 11 is 0. The molecule has 0 aliphatic heterocycles. The summed E-state index contributed by atoms with van der Waals surface area (Å²) in [5.41, 5.74) is 2.85. The van der Waals surface area contributed by atoms with Gasteiger partial charge in [0.15, 0.2) is 0 Å². The van der Waals surface area contributed by atoms with Crippen LogP contribution in [0.15, 0.2) is 60.7 Å². The smallest absolute Gasteiger partial charge is 0.254 e. The highest BCUT2D eigenvalue weighted by molar-refractivity contribution is 5.94. The summed E-state index contributed by atoms with van der Waals surface area (Å²) in [5.74, 6) is -0.281. The first-order valence-electron chi connectivity index (χ1n) is 7.67. The van der Waals surface area contributed by atoms with Crippen molar-refractivity contribution in [3.8, 4) is 0 Å². The van der Waals surface area contributed by atoms with E-state index in [0.717, 1.165) is 16.6 Å². The molecule has 122 valence electrons. The maximum atomic E-state index is 13.7. The third-order valence-corrected chi connectivity index (χ3v) is 3.69. The van der Waals surface area contributed by atoms with E-state index in [4.69, 9.17) is 0 Å². The van der Waals surface area contributed by atoms with Crippen LogP contribution in [0.1, 0.15) is 23.1 Å². The molecule has 24 heavy (non-hydrogen) atoms. The predicted octanol–water partition coefficient (Wildman–Crippen LogP) is 3.68. The summed E-state index contributed by atoms with van der Waals surface area (Å²) in [6.07, 6.45) is 0. The third kappa shape index (κ3) is 3.20. The SMILES string of the molecule is C=C(C)Cn1c(CNC(=O)c2ccccc2F)nc2ccccc21. The molecular formula is C19H18FN3O. The Morgan fingerprint density at radius 2 is 1.92 bits per heavy atom. The number of hydrogen-bond donors (Lipinski definition) is 1. The number of allylic oxidation sites excluding steroid dienone is 1. The Balaban J connectivity index is 1.86. The molecule has 3 aromatic rings. The second kappa shape index (κ2) is 6.66. The lowest BCUT2D eigenvalue weighted by atomic mass is 10.2. The minimum Gasteiger partial charge on any atom is -0.345 e. The molecule has 2 aromatic carbocycles. The van der Waals surface area contributed by atoms with Crippen LogP contribution in [0.4, 0.5) is 4.39 Å². The molecule has 1 N–H and O–H groups in total. The van der Waals surface area contributed by atoms with Gasteiger partial charge < -0.3 is 9.88 Å². The van der Waals surface area contributed by atoms with Gasteiger partial charge in [-0.1, -0.05) is 36.4 Å². The summed E-state index contributed by atoms with van der Waals surface area (Å²) in [6, 6.07) is 13.7. The fourth-order valence-electron chi connectivity index (χ4n) is 2.61. The Kier molecular flexibility index (Phi) is 4.42.